The van der Waals surface area contributed by atoms with Gasteiger partial charge in [0.05, 0.1) is 5.92 Å². The normalized spacial score (nSPS) is 18.3. The predicted molar refractivity (Wildman–Crippen MR) is 99.7 cm³/mol. The van der Waals surface area contributed by atoms with Gasteiger partial charge >= 0.3 is 0 Å². The van der Waals surface area contributed by atoms with Crippen LogP contribution < -0.4 is 11.1 Å². The monoisotopic (exact) mass is 331 g/mol. The number of hydrogen-bond donors (Lipinski definition) is 2. The van der Waals surface area contributed by atoms with Crippen molar-refractivity contribution in [3.8, 4) is 0 Å². The third kappa shape index (κ3) is 5.60. The first kappa shape index (κ1) is 18.9. The third-order valence-corrected chi connectivity index (χ3v) is 5.32. The van der Waals surface area contributed by atoms with Crippen LogP contribution in [0.5, 0.6) is 0 Å². The van der Waals surface area contributed by atoms with Gasteiger partial charge < -0.3 is 16.0 Å². The van der Waals surface area contributed by atoms with Gasteiger partial charge in [0.15, 0.2) is 0 Å². The van der Waals surface area contributed by atoms with Gasteiger partial charge in [0.25, 0.3) is 0 Å². The number of benzene rings is 1. The SMILES string of the molecule is CC(C(=O)NCCCN(C)C1CCCCC1)C(N)c1ccccc1. The van der Waals surface area contributed by atoms with Crippen molar-refractivity contribution in [1.82, 2.24) is 10.2 Å². The van der Waals surface area contributed by atoms with E-state index in [1.807, 2.05) is 37.3 Å². The topological polar surface area (TPSA) is 58.4 Å². The Morgan fingerprint density at radius 1 is 1.25 bits per heavy atom. The maximum atomic E-state index is 12.3. The van der Waals surface area contributed by atoms with Gasteiger partial charge in [-0.25, -0.2) is 0 Å². The molecule has 0 saturated heterocycles. The summed E-state index contributed by atoms with van der Waals surface area (Å²) in [6.07, 6.45) is 7.75. The molecule has 2 unspecified atom stereocenters. The Kier molecular flexibility index (Phi) is 7.73. The number of hydrogen-bond acceptors (Lipinski definition) is 3. The second kappa shape index (κ2) is 9.80. The molecule has 134 valence electrons. The van der Waals surface area contributed by atoms with Gasteiger partial charge in [0.2, 0.25) is 5.91 Å². The molecule has 0 bridgehead atoms. The molecule has 1 aromatic rings. The lowest BCUT2D eigenvalue weighted by Gasteiger charge is -2.31. The van der Waals surface area contributed by atoms with Gasteiger partial charge in [0, 0.05) is 18.6 Å². The van der Waals surface area contributed by atoms with Crippen LogP contribution in [0, 0.1) is 5.92 Å². The lowest BCUT2D eigenvalue weighted by molar-refractivity contribution is -0.125. The van der Waals surface area contributed by atoms with Crippen molar-refractivity contribution in [2.45, 2.75) is 57.5 Å². The summed E-state index contributed by atoms with van der Waals surface area (Å²) >= 11 is 0. The first-order chi connectivity index (χ1) is 11.6. The molecule has 2 atom stereocenters. The Morgan fingerprint density at radius 2 is 1.92 bits per heavy atom. The first-order valence-corrected chi connectivity index (χ1v) is 9.38. The Balaban J connectivity index is 1.67. The summed E-state index contributed by atoms with van der Waals surface area (Å²) < 4.78 is 0. The van der Waals surface area contributed by atoms with E-state index in [0.29, 0.717) is 0 Å². The number of carbonyl (C=O) groups is 1. The minimum absolute atomic E-state index is 0.0478. The number of nitrogens with one attached hydrogen (secondary N) is 1. The highest BCUT2D eigenvalue weighted by Gasteiger charge is 2.22. The van der Waals surface area contributed by atoms with E-state index in [4.69, 9.17) is 5.73 Å². The van der Waals surface area contributed by atoms with Gasteiger partial charge in [-0.05, 0) is 38.4 Å². The molecule has 4 nitrogen and oxygen atoms in total. The molecular weight excluding hydrogens is 298 g/mol. The lowest BCUT2D eigenvalue weighted by Crippen LogP contribution is -2.38. The number of nitrogens with two attached hydrogens (primary N) is 1. The Morgan fingerprint density at radius 3 is 2.58 bits per heavy atom. The number of amides is 1. The van der Waals surface area contributed by atoms with E-state index in [2.05, 4.69) is 17.3 Å². The van der Waals surface area contributed by atoms with Crippen LogP contribution in [-0.2, 0) is 4.79 Å². The molecule has 1 amide bonds. The quantitative estimate of drug-likeness (QED) is 0.720. The highest BCUT2D eigenvalue weighted by Crippen LogP contribution is 2.21. The highest BCUT2D eigenvalue weighted by atomic mass is 16.1. The fourth-order valence-electron chi connectivity index (χ4n) is 3.53. The van der Waals surface area contributed by atoms with Gasteiger partial charge in [-0.3, -0.25) is 4.79 Å². The summed E-state index contributed by atoms with van der Waals surface area (Å²) in [6.45, 7) is 3.67. The summed E-state index contributed by atoms with van der Waals surface area (Å²) in [6, 6.07) is 10.3. The number of nitrogens with zero attached hydrogens (tertiary/aromatic N) is 1. The molecule has 0 heterocycles. The molecule has 0 spiro atoms. The van der Waals surface area contributed by atoms with Crippen molar-refractivity contribution < 1.29 is 4.79 Å². The fourth-order valence-corrected chi connectivity index (χ4v) is 3.53. The summed E-state index contributed by atoms with van der Waals surface area (Å²) in [7, 11) is 2.21. The predicted octanol–water partition coefficient (Wildman–Crippen LogP) is 3.09. The van der Waals surface area contributed by atoms with Crippen molar-refractivity contribution in [3.05, 3.63) is 35.9 Å². The molecule has 1 fully saturated rings. The summed E-state index contributed by atoms with van der Waals surface area (Å²) in [5.74, 6) is -0.171. The van der Waals surface area contributed by atoms with E-state index in [0.717, 1.165) is 31.1 Å². The van der Waals surface area contributed by atoms with Crippen LogP contribution in [0.3, 0.4) is 0 Å². The van der Waals surface area contributed by atoms with E-state index in [1.165, 1.54) is 32.1 Å². The Labute approximate surface area is 146 Å². The summed E-state index contributed by atoms with van der Waals surface area (Å²) in [4.78, 5) is 14.8. The minimum atomic E-state index is -0.254. The van der Waals surface area contributed by atoms with Crippen LogP contribution in [0.2, 0.25) is 0 Å². The standard InChI is InChI=1S/C20H33N3O/c1-16(19(21)17-10-5-3-6-11-17)20(24)22-14-9-15-23(2)18-12-7-4-8-13-18/h3,5-6,10-11,16,18-19H,4,7-9,12-15,21H2,1-2H3,(H,22,24). The van der Waals surface area contributed by atoms with Gasteiger partial charge in [-0.15, -0.1) is 0 Å². The molecule has 1 aliphatic rings. The van der Waals surface area contributed by atoms with Crippen molar-refractivity contribution >= 4 is 5.91 Å². The largest absolute Gasteiger partial charge is 0.356 e. The second-order valence-electron chi connectivity index (χ2n) is 7.14. The van der Waals surface area contributed by atoms with Gasteiger partial charge in [-0.1, -0.05) is 56.5 Å². The van der Waals surface area contributed by atoms with E-state index in [-0.39, 0.29) is 17.9 Å². The van der Waals surface area contributed by atoms with Crippen LogP contribution in [0.25, 0.3) is 0 Å². The molecule has 0 radical (unpaired) electrons. The van der Waals surface area contributed by atoms with Crippen molar-refractivity contribution in [3.63, 3.8) is 0 Å². The zero-order chi connectivity index (χ0) is 17.4. The van der Waals surface area contributed by atoms with Crippen LogP contribution in [0.15, 0.2) is 30.3 Å². The average Bonchev–Trinajstić information content (AvgIpc) is 2.65. The maximum absolute atomic E-state index is 12.3. The van der Waals surface area contributed by atoms with Crippen molar-refractivity contribution in [1.29, 1.82) is 0 Å². The molecule has 1 aliphatic carbocycles. The van der Waals surface area contributed by atoms with E-state index in [9.17, 15) is 4.79 Å². The van der Waals surface area contributed by atoms with E-state index in [1.54, 1.807) is 0 Å². The lowest BCUT2D eigenvalue weighted by atomic mass is 9.94. The van der Waals surface area contributed by atoms with E-state index >= 15 is 0 Å². The van der Waals surface area contributed by atoms with Crippen molar-refractivity contribution in [2.75, 3.05) is 20.1 Å². The van der Waals surface area contributed by atoms with Gasteiger partial charge in [0.1, 0.15) is 0 Å². The maximum Gasteiger partial charge on any atom is 0.224 e. The van der Waals surface area contributed by atoms with Gasteiger partial charge in [-0.2, -0.15) is 0 Å². The Bertz CT molecular complexity index is 485. The highest BCUT2D eigenvalue weighted by molar-refractivity contribution is 5.79. The second-order valence-corrected chi connectivity index (χ2v) is 7.14. The third-order valence-electron chi connectivity index (χ3n) is 5.32. The smallest absolute Gasteiger partial charge is 0.224 e. The molecule has 0 aromatic heterocycles. The molecule has 1 saturated carbocycles. The molecule has 0 aliphatic heterocycles. The van der Waals surface area contributed by atoms with Crippen LogP contribution in [0.4, 0.5) is 0 Å². The summed E-state index contributed by atoms with van der Waals surface area (Å²) in [5, 5.41) is 3.05. The fraction of sp³-hybridized carbons (Fsp3) is 0.650. The molecule has 24 heavy (non-hydrogen) atoms. The average molecular weight is 332 g/mol. The molecular formula is C20H33N3O. The van der Waals surface area contributed by atoms with E-state index < -0.39 is 0 Å². The molecule has 4 heteroatoms. The Hall–Kier alpha value is -1.39. The minimum Gasteiger partial charge on any atom is -0.356 e. The number of rotatable bonds is 8. The zero-order valence-electron chi connectivity index (χ0n) is 15.2. The van der Waals surface area contributed by atoms with Crippen LogP contribution in [-0.4, -0.2) is 37.0 Å². The number of carbonyl (C=O) groups excluding carboxylic acids is 1. The zero-order valence-corrected chi connectivity index (χ0v) is 15.2. The summed E-state index contributed by atoms with van der Waals surface area (Å²) in [5.41, 5.74) is 7.23. The molecule has 2 rings (SSSR count). The molecule has 1 aromatic carbocycles. The molecule has 3 N–H and O–H groups in total. The first-order valence-electron chi connectivity index (χ1n) is 9.38. The van der Waals surface area contributed by atoms with Crippen molar-refractivity contribution in [2.24, 2.45) is 11.7 Å². The van der Waals surface area contributed by atoms with Crippen LogP contribution >= 0.6 is 0 Å². The van der Waals surface area contributed by atoms with Crippen LogP contribution in [0.1, 0.15) is 57.1 Å².